The number of fused-ring (bicyclic) bond motifs is 4. The van der Waals surface area contributed by atoms with Gasteiger partial charge in [0, 0.05) is 11.8 Å². The Hall–Kier alpha value is -5.93. The highest BCUT2D eigenvalue weighted by Gasteiger charge is 2.31. The third-order valence-corrected chi connectivity index (χ3v) is 8.76. The largest absolute Gasteiger partial charge is 0.260 e. The smallest absolute Gasteiger partial charge is 0.108 e. The Morgan fingerprint density at radius 3 is 1.59 bits per heavy atom. The van der Waals surface area contributed by atoms with Gasteiger partial charge in [-0.1, -0.05) is 121 Å². The number of rotatable bonds is 4. The minimum Gasteiger partial charge on any atom is -0.260 e. The van der Waals surface area contributed by atoms with Gasteiger partial charge in [-0.05, 0) is 78.2 Å². The van der Waals surface area contributed by atoms with Gasteiger partial charge in [-0.3, -0.25) is 9.97 Å². The van der Waals surface area contributed by atoms with Gasteiger partial charge >= 0.3 is 0 Å². The first kappa shape index (κ1) is 24.6. The first-order chi connectivity index (χ1) is 21.9. The monoisotopic (exact) mass is 559 g/mol. The molecule has 0 amide bonds. The summed E-state index contributed by atoms with van der Waals surface area (Å²) < 4.78 is 0. The second-order valence-corrected chi connectivity index (χ2v) is 11.2. The number of pyridine rings is 1. The Balaban J connectivity index is 1.39. The van der Waals surface area contributed by atoms with Crippen LogP contribution in [0.3, 0.4) is 0 Å². The van der Waals surface area contributed by atoms with Gasteiger partial charge in [-0.15, -0.1) is 0 Å². The summed E-state index contributed by atoms with van der Waals surface area (Å²) in [6.07, 6.45) is 5.43. The third kappa shape index (κ3) is 3.66. The Morgan fingerprint density at radius 1 is 0.364 bits per heavy atom. The lowest BCUT2D eigenvalue weighted by Gasteiger charge is -2.20. The minimum absolute atomic E-state index is 0.763. The van der Waals surface area contributed by atoms with E-state index in [-0.39, 0.29) is 0 Å². The van der Waals surface area contributed by atoms with Crippen molar-refractivity contribution >= 4 is 21.5 Å². The molecule has 0 bridgehead atoms. The highest BCUT2D eigenvalue weighted by atomic mass is 14.8. The average molecular weight is 560 g/mol. The van der Waals surface area contributed by atoms with Crippen LogP contribution in [0.25, 0.3) is 88.7 Å². The van der Waals surface area contributed by atoms with Gasteiger partial charge in [0.05, 0.1) is 23.8 Å². The van der Waals surface area contributed by atoms with Crippen LogP contribution in [0.4, 0.5) is 0 Å². The zero-order chi connectivity index (χ0) is 29.0. The first-order valence-electron chi connectivity index (χ1n) is 14.9. The van der Waals surface area contributed by atoms with E-state index in [9.17, 15) is 0 Å². The van der Waals surface area contributed by atoms with Crippen LogP contribution in [-0.2, 0) is 0 Å². The number of hydrogen-bond donors (Lipinski definition) is 0. The van der Waals surface area contributed by atoms with E-state index in [2.05, 4.69) is 125 Å². The molecule has 3 nitrogen and oxygen atoms in total. The zero-order valence-corrected chi connectivity index (χ0v) is 23.8. The van der Waals surface area contributed by atoms with E-state index in [1.165, 1.54) is 66.1 Å². The maximum absolute atomic E-state index is 5.04. The molecule has 2 heterocycles. The minimum atomic E-state index is 0.763. The van der Waals surface area contributed by atoms with E-state index in [1.54, 1.807) is 12.4 Å². The van der Waals surface area contributed by atoms with Crippen LogP contribution < -0.4 is 0 Å². The predicted octanol–water partition coefficient (Wildman–Crippen LogP) is 10.5. The van der Waals surface area contributed by atoms with Crippen molar-refractivity contribution in [3.05, 3.63) is 152 Å². The quantitative estimate of drug-likeness (QED) is 0.215. The molecule has 9 rings (SSSR count). The molecule has 204 valence electrons. The molecule has 3 heteroatoms. The molecule has 8 aromatic rings. The molecular weight excluding hydrogens is 534 g/mol. The number of benzene rings is 6. The molecule has 0 saturated heterocycles. The molecule has 44 heavy (non-hydrogen) atoms. The highest BCUT2D eigenvalue weighted by Crippen LogP contribution is 2.58. The molecule has 1 aliphatic carbocycles. The maximum Gasteiger partial charge on any atom is 0.108 e. The summed E-state index contributed by atoms with van der Waals surface area (Å²) in [6, 6.07) is 47.6. The summed E-state index contributed by atoms with van der Waals surface area (Å²) in [7, 11) is 0. The predicted molar refractivity (Wildman–Crippen MR) is 181 cm³/mol. The van der Waals surface area contributed by atoms with Crippen molar-refractivity contribution in [1.29, 1.82) is 0 Å². The highest BCUT2D eigenvalue weighted by molar-refractivity contribution is 6.28. The van der Waals surface area contributed by atoms with Crippen LogP contribution >= 0.6 is 0 Å². The summed E-state index contributed by atoms with van der Waals surface area (Å²) in [5.74, 6) is 0. The third-order valence-electron chi connectivity index (χ3n) is 8.76. The van der Waals surface area contributed by atoms with Crippen LogP contribution in [0.2, 0.25) is 0 Å². The van der Waals surface area contributed by atoms with Crippen molar-refractivity contribution < 1.29 is 0 Å². The fraction of sp³-hybridized carbons (Fsp3) is 0. The Labute approximate surface area is 255 Å². The van der Waals surface area contributed by atoms with Crippen LogP contribution in [0, 0.1) is 0 Å². The molecule has 0 atom stereocenters. The molecular formula is C41H25N3. The van der Waals surface area contributed by atoms with Gasteiger partial charge in [-0.2, -0.15) is 0 Å². The van der Waals surface area contributed by atoms with E-state index in [1.807, 2.05) is 24.4 Å². The van der Waals surface area contributed by atoms with Gasteiger partial charge in [0.1, 0.15) is 5.69 Å². The van der Waals surface area contributed by atoms with Crippen LogP contribution in [0.1, 0.15) is 0 Å². The lowest BCUT2D eigenvalue weighted by molar-refractivity contribution is 1.18. The SMILES string of the molecule is c1ccc(-c2c3c(c(-c4ccccc4)c4ccccc24)-c2ccc(-c4cncc(-c5ccccn5)n4)c4cccc-3c24)cc1. The van der Waals surface area contributed by atoms with Gasteiger partial charge in [0.25, 0.3) is 0 Å². The molecule has 0 spiro atoms. The fourth-order valence-electron chi connectivity index (χ4n) is 6.97. The molecule has 0 N–H and O–H groups in total. The van der Waals surface area contributed by atoms with Gasteiger partial charge in [0.2, 0.25) is 0 Å². The second-order valence-electron chi connectivity index (χ2n) is 11.2. The maximum atomic E-state index is 5.04. The lowest BCUT2D eigenvalue weighted by atomic mass is 9.82. The zero-order valence-electron chi connectivity index (χ0n) is 23.8. The van der Waals surface area contributed by atoms with Crippen molar-refractivity contribution in [3.8, 4) is 67.2 Å². The van der Waals surface area contributed by atoms with Gasteiger partial charge in [-0.25, -0.2) is 4.98 Å². The molecule has 0 saturated carbocycles. The van der Waals surface area contributed by atoms with Crippen molar-refractivity contribution in [2.45, 2.75) is 0 Å². The fourth-order valence-corrected chi connectivity index (χ4v) is 6.97. The van der Waals surface area contributed by atoms with Crippen LogP contribution in [-0.4, -0.2) is 15.0 Å². The molecule has 0 fully saturated rings. The van der Waals surface area contributed by atoms with E-state index in [0.29, 0.717) is 0 Å². The van der Waals surface area contributed by atoms with Crippen LogP contribution in [0.15, 0.2) is 152 Å². The van der Waals surface area contributed by atoms with Crippen molar-refractivity contribution in [1.82, 2.24) is 15.0 Å². The number of hydrogen-bond acceptors (Lipinski definition) is 3. The van der Waals surface area contributed by atoms with Crippen molar-refractivity contribution in [2.24, 2.45) is 0 Å². The van der Waals surface area contributed by atoms with E-state index in [0.717, 1.165) is 22.6 Å². The molecule has 0 unspecified atom stereocenters. The summed E-state index contributed by atoms with van der Waals surface area (Å²) in [6.45, 7) is 0. The Kier molecular flexibility index (Phi) is 5.50. The molecule has 0 radical (unpaired) electrons. The van der Waals surface area contributed by atoms with Crippen molar-refractivity contribution in [3.63, 3.8) is 0 Å². The van der Waals surface area contributed by atoms with Gasteiger partial charge < -0.3 is 0 Å². The number of nitrogens with zero attached hydrogens (tertiary/aromatic N) is 3. The standard InChI is InChI=1S/C41H25N3/c1-3-12-26(13-4-1)37-30-16-7-8-17-31(30)38(27-14-5-2-6-15-27)41-33-22-21-28(29-18-11-19-32(39(29)33)40(37)41)35-24-42-25-36(44-35)34-20-9-10-23-43-34/h1-25H. The summed E-state index contributed by atoms with van der Waals surface area (Å²) in [4.78, 5) is 14.1. The molecule has 6 aromatic carbocycles. The number of aromatic nitrogens is 3. The van der Waals surface area contributed by atoms with E-state index >= 15 is 0 Å². The molecule has 2 aromatic heterocycles. The van der Waals surface area contributed by atoms with Crippen LogP contribution in [0.5, 0.6) is 0 Å². The molecule has 0 aliphatic heterocycles. The summed E-state index contributed by atoms with van der Waals surface area (Å²) in [5, 5.41) is 4.95. The normalized spacial score (nSPS) is 11.6. The summed E-state index contributed by atoms with van der Waals surface area (Å²) >= 11 is 0. The van der Waals surface area contributed by atoms with E-state index in [4.69, 9.17) is 4.98 Å². The molecule has 1 aliphatic rings. The van der Waals surface area contributed by atoms with Crippen molar-refractivity contribution in [2.75, 3.05) is 0 Å². The Bertz CT molecular complexity index is 2270. The van der Waals surface area contributed by atoms with E-state index < -0.39 is 0 Å². The summed E-state index contributed by atoms with van der Waals surface area (Å²) in [5.41, 5.74) is 13.6. The second kappa shape index (κ2) is 9.82. The topological polar surface area (TPSA) is 38.7 Å². The lowest BCUT2D eigenvalue weighted by Crippen LogP contribution is -1.93. The Morgan fingerprint density at radius 2 is 0.932 bits per heavy atom. The first-order valence-corrected chi connectivity index (χ1v) is 14.9. The van der Waals surface area contributed by atoms with Gasteiger partial charge in [0.15, 0.2) is 0 Å². The average Bonchev–Trinajstić information content (AvgIpc) is 3.43.